The molecule has 1 amide bonds. The van der Waals surface area contributed by atoms with Gasteiger partial charge in [0.15, 0.2) is 0 Å². The van der Waals surface area contributed by atoms with Crippen molar-refractivity contribution < 1.29 is 4.79 Å². The van der Waals surface area contributed by atoms with Crippen LogP contribution in [0.4, 0.5) is 5.69 Å². The number of halogens is 1. The monoisotopic (exact) mass is 273 g/mol. The normalized spacial score (nSPS) is 10.2. The minimum absolute atomic E-state index is 0.0129. The van der Waals surface area contributed by atoms with E-state index in [1.807, 2.05) is 55.5 Å². The van der Waals surface area contributed by atoms with E-state index in [1.165, 1.54) is 0 Å². The van der Waals surface area contributed by atoms with Gasteiger partial charge in [-0.15, -0.1) is 11.6 Å². The summed E-state index contributed by atoms with van der Waals surface area (Å²) < 4.78 is 0. The molecule has 0 aliphatic carbocycles. The van der Waals surface area contributed by atoms with E-state index in [-0.39, 0.29) is 5.91 Å². The number of anilines is 1. The zero-order chi connectivity index (χ0) is 13.7. The number of carbonyl (C=O) groups excluding carboxylic acids is 1. The third-order valence-corrected chi connectivity index (χ3v) is 3.29. The van der Waals surface area contributed by atoms with Crippen molar-refractivity contribution in [1.82, 2.24) is 0 Å². The predicted molar refractivity (Wildman–Crippen MR) is 79.5 cm³/mol. The maximum atomic E-state index is 12.0. The third-order valence-electron chi connectivity index (χ3n) is 2.98. The number of alkyl halides is 1. The molecule has 0 saturated heterocycles. The van der Waals surface area contributed by atoms with E-state index in [0.29, 0.717) is 12.3 Å². The minimum atomic E-state index is -0.0129. The highest BCUT2D eigenvalue weighted by Crippen LogP contribution is 2.14. The van der Waals surface area contributed by atoms with Gasteiger partial charge in [0.2, 0.25) is 5.91 Å². The van der Waals surface area contributed by atoms with Crippen molar-refractivity contribution in [2.45, 2.75) is 19.2 Å². The molecule has 3 heteroatoms. The van der Waals surface area contributed by atoms with Crippen LogP contribution in [-0.2, 0) is 17.1 Å². The van der Waals surface area contributed by atoms with Crippen molar-refractivity contribution in [2.75, 3.05) is 5.32 Å². The van der Waals surface area contributed by atoms with Crippen LogP contribution < -0.4 is 5.32 Å². The number of amides is 1. The zero-order valence-corrected chi connectivity index (χ0v) is 11.6. The van der Waals surface area contributed by atoms with Gasteiger partial charge < -0.3 is 5.32 Å². The fraction of sp³-hybridized carbons (Fsp3) is 0.188. The molecule has 0 spiro atoms. The molecule has 0 fully saturated rings. The Morgan fingerprint density at radius 2 is 1.95 bits per heavy atom. The molecule has 0 bridgehead atoms. The molecule has 0 aliphatic rings. The van der Waals surface area contributed by atoms with Gasteiger partial charge in [-0.05, 0) is 35.7 Å². The van der Waals surface area contributed by atoms with Gasteiger partial charge in [-0.2, -0.15) is 0 Å². The fourth-order valence-electron chi connectivity index (χ4n) is 1.92. The average molecular weight is 274 g/mol. The molecular formula is C16H16ClNO. The first-order valence-corrected chi connectivity index (χ1v) is 6.72. The van der Waals surface area contributed by atoms with E-state index in [2.05, 4.69) is 5.32 Å². The van der Waals surface area contributed by atoms with Gasteiger partial charge in [0, 0.05) is 11.6 Å². The molecule has 2 aromatic rings. The molecule has 2 rings (SSSR count). The molecule has 0 atom stereocenters. The van der Waals surface area contributed by atoms with E-state index in [9.17, 15) is 4.79 Å². The van der Waals surface area contributed by atoms with Gasteiger partial charge in [-0.3, -0.25) is 4.79 Å². The standard InChI is InChI=1S/C16H16ClNO/c1-12-5-2-3-7-14(12)10-16(19)18-15-8-4-6-13(9-15)11-17/h2-9H,10-11H2,1H3,(H,18,19). The molecule has 0 radical (unpaired) electrons. The van der Waals surface area contributed by atoms with Gasteiger partial charge in [0.05, 0.1) is 6.42 Å². The van der Waals surface area contributed by atoms with Crippen molar-refractivity contribution in [3.8, 4) is 0 Å². The Labute approximate surface area is 118 Å². The first-order chi connectivity index (χ1) is 9.19. The summed E-state index contributed by atoms with van der Waals surface area (Å²) in [5.74, 6) is 0.433. The second kappa shape index (κ2) is 6.39. The van der Waals surface area contributed by atoms with E-state index in [1.54, 1.807) is 0 Å². The Balaban J connectivity index is 2.03. The molecule has 19 heavy (non-hydrogen) atoms. The number of rotatable bonds is 4. The number of benzene rings is 2. The van der Waals surface area contributed by atoms with Gasteiger partial charge in [-0.1, -0.05) is 36.4 Å². The Bertz CT molecular complexity index is 580. The second-order valence-electron chi connectivity index (χ2n) is 4.49. The molecule has 98 valence electrons. The lowest BCUT2D eigenvalue weighted by atomic mass is 10.1. The summed E-state index contributed by atoms with van der Waals surface area (Å²) in [7, 11) is 0. The molecule has 0 saturated carbocycles. The molecule has 0 aromatic heterocycles. The molecule has 0 aliphatic heterocycles. The van der Waals surface area contributed by atoms with Crippen LogP contribution >= 0.6 is 11.6 Å². The van der Waals surface area contributed by atoms with Crippen LogP contribution in [0.3, 0.4) is 0 Å². The van der Waals surface area contributed by atoms with Crippen molar-refractivity contribution >= 4 is 23.2 Å². The lowest BCUT2D eigenvalue weighted by Gasteiger charge is -2.08. The molecule has 0 unspecified atom stereocenters. The van der Waals surface area contributed by atoms with E-state index in [0.717, 1.165) is 22.4 Å². The maximum absolute atomic E-state index is 12.0. The summed E-state index contributed by atoms with van der Waals surface area (Å²) in [6.07, 6.45) is 0.387. The van der Waals surface area contributed by atoms with Gasteiger partial charge in [-0.25, -0.2) is 0 Å². The highest BCUT2D eigenvalue weighted by molar-refractivity contribution is 6.17. The number of aryl methyl sites for hydroxylation is 1. The van der Waals surface area contributed by atoms with Crippen molar-refractivity contribution in [2.24, 2.45) is 0 Å². The number of nitrogens with one attached hydrogen (secondary N) is 1. The molecule has 0 heterocycles. The minimum Gasteiger partial charge on any atom is -0.326 e. The van der Waals surface area contributed by atoms with Crippen molar-refractivity contribution in [1.29, 1.82) is 0 Å². The number of hydrogen-bond donors (Lipinski definition) is 1. The Morgan fingerprint density at radius 3 is 2.68 bits per heavy atom. The lowest BCUT2D eigenvalue weighted by molar-refractivity contribution is -0.115. The smallest absolute Gasteiger partial charge is 0.228 e. The van der Waals surface area contributed by atoms with E-state index in [4.69, 9.17) is 11.6 Å². The van der Waals surface area contributed by atoms with Crippen molar-refractivity contribution in [3.05, 3.63) is 65.2 Å². The van der Waals surface area contributed by atoms with Crippen LogP contribution in [0.2, 0.25) is 0 Å². The van der Waals surface area contributed by atoms with E-state index >= 15 is 0 Å². The van der Waals surface area contributed by atoms with Crippen LogP contribution in [0, 0.1) is 6.92 Å². The Kier molecular flexibility index (Phi) is 4.58. The van der Waals surface area contributed by atoms with E-state index < -0.39 is 0 Å². The average Bonchev–Trinajstić information content (AvgIpc) is 2.41. The maximum Gasteiger partial charge on any atom is 0.228 e. The second-order valence-corrected chi connectivity index (χ2v) is 4.75. The highest BCUT2D eigenvalue weighted by atomic mass is 35.5. The predicted octanol–water partition coefficient (Wildman–Crippen LogP) is 3.92. The van der Waals surface area contributed by atoms with Gasteiger partial charge in [0.25, 0.3) is 0 Å². The highest BCUT2D eigenvalue weighted by Gasteiger charge is 2.06. The third kappa shape index (κ3) is 3.83. The number of carbonyl (C=O) groups is 1. The summed E-state index contributed by atoms with van der Waals surface area (Å²) in [5.41, 5.74) is 3.97. The molecule has 2 aromatic carbocycles. The van der Waals surface area contributed by atoms with Gasteiger partial charge >= 0.3 is 0 Å². The Hall–Kier alpha value is -1.80. The fourth-order valence-corrected chi connectivity index (χ4v) is 2.09. The van der Waals surface area contributed by atoms with Crippen molar-refractivity contribution in [3.63, 3.8) is 0 Å². The molecular weight excluding hydrogens is 258 g/mol. The van der Waals surface area contributed by atoms with Gasteiger partial charge in [0.1, 0.15) is 0 Å². The Morgan fingerprint density at radius 1 is 1.16 bits per heavy atom. The topological polar surface area (TPSA) is 29.1 Å². The quantitative estimate of drug-likeness (QED) is 0.841. The zero-order valence-electron chi connectivity index (χ0n) is 10.8. The largest absolute Gasteiger partial charge is 0.326 e. The summed E-state index contributed by atoms with van der Waals surface area (Å²) in [6, 6.07) is 15.5. The van der Waals surface area contributed by atoms with Crippen LogP contribution in [0.15, 0.2) is 48.5 Å². The number of hydrogen-bond acceptors (Lipinski definition) is 1. The summed E-state index contributed by atoms with van der Waals surface area (Å²) >= 11 is 5.77. The van der Waals surface area contributed by atoms with Crippen LogP contribution in [0.1, 0.15) is 16.7 Å². The summed E-state index contributed by atoms with van der Waals surface area (Å²) in [4.78, 5) is 12.0. The van der Waals surface area contributed by atoms with Crippen LogP contribution in [0.5, 0.6) is 0 Å². The first kappa shape index (κ1) is 13.6. The lowest BCUT2D eigenvalue weighted by Crippen LogP contribution is -2.15. The molecule has 2 nitrogen and oxygen atoms in total. The van der Waals surface area contributed by atoms with Crippen LogP contribution in [-0.4, -0.2) is 5.91 Å². The SMILES string of the molecule is Cc1ccccc1CC(=O)Nc1cccc(CCl)c1. The van der Waals surface area contributed by atoms with Crippen LogP contribution in [0.25, 0.3) is 0 Å². The molecule has 1 N–H and O–H groups in total. The summed E-state index contributed by atoms with van der Waals surface area (Å²) in [5, 5.41) is 2.89. The summed E-state index contributed by atoms with van der Waals surface area (Å²) in [6.45, 7) is 2.01. The first-order valence-electron chi connectivity index (χ1n) is 6.18.